The van der Waals surface area contributed by atoms with Crippen LogP contribution in [-0.2, 0) is 0 Å². The standard InChI is InChI=1S/C19H12FI/c1-11-9-12-5-2-3-7-14(12)19-16(21)10-13-6-4-8-15(20)18(13)17(11)19/h2-10H,1H3. The van der Waals surface area contributed by atoms with Gasteiger partial charge in [-0.3, -0.25) is 0 Å². The zero-order valence-corrected chi connectivity index (χ0v) is 13.6. The fourth-order valence-corrected chi connectivity index (χ4v) is 4.09. The monoisotopic (exact) mass is 386 g/mol. The van der Waals surface area contributed by atoms with E-state index in [4.69, 9.17) is 0 Å². The Morgan fingerprint density at radius 2 is 1.57 bits per heavy atom. The molecule has 0 N–H and O–H groups in total. The van der Waals surface area contributed by atoms with Crippen LogP contribution in [0.4, 0.5) is 4.39 Å². The van der Waals surface area contributed by atoms with Crippen LogP contribution in [0.25, 0.3) is 32.3 Å². The van der Waals surface area contributed by atoms with Crippen molar-refractivity contribution in [2.45, 2.75) is 6.92 Å². The molecule has 0 radical (unpaired) electrons. The lowest BCUT2D eigenvalue weighted by atomic mass is 9.93. The summed E-state index contributed by atoms with van der Waals surface area (Å²) in [5.41, 5.74) is 1.12. The number of halogens is 2. The van der Waals surface area contributed by atoms with E-state index in [1.54, 1.807) is 12.1 Å². The van der Waals surface area contributed by atoms with Crippen LogP contribution in [0.2, 0.25) is 0 Å². The van der Waals surface area contributed by atoms with Crippen LogP contribution in [0.1, 0.15) is 5.56 Å². The quantitative estimate of drug-likeness (QED) is 0.249. The van der Waals surface area contributed by atoms with E-state index in [9.17, 15) is 4.39 Å². The lowest BCUT2D eigenvalue weighted by Gasteiger charge is -2.13. The van der Waals surface area contributed by atoms with Crippen molar-refractivity contribution in [3.63, 3.8) is 0 Å². The molecule has 0 fully saturated rings. The smallest absolute Gasteiger partial charge is 0.131 e. The molecule has 4 aromatic carbocycles. The van der Waals surface area contributed by atoms with Gasteiger partial charge in [0.2, 0.25) is 0 Å². The topological polar surface area (TPSA) is 0 Å². The summed E-state index contributed by atoms with van der Waals surface area (Å²) in [4.78, 5) is 0. The van der Waals surface area contributed by atoms with Crippen LogP contribution in [0.3, 0.4) is 0 Å². The molecule has 0 heterocycles. The molecule has 0 aliphatic carbocycles. The summed E-state index contributed by atoms with van der Waals surface area (Å²) in [6.45, 7) is 2.07. The molecule has 4 aromatic rings. The third kappa shape index (κ3) is 1.85. The van der Waals surface area contributed by atoms with E-state index in [2.05, 4.69) is 53.8 Å². The Kier molecular flexibility index (Phi) is 2.89. The molecule has 0 bridgehead atoms. The van der Waals surface area contributed by atoms with Crippen LogP contribution in [0.5, 0.6) is 0 Å². The predicted molar refractivity (Wildman–Crippen MR) is 96.4 cm³/mol. The van der Waals surface area contributed by atoms with E-state index in [1.165, 1.54) is 14.3 Å². The van der Waals surface area contributed by atoms with E-state index in [0.717, 1.165) is 27.1 Å². The van der Waals surface area contributed by atoms with Gasteiger partial charge in [0, 0.05) is 14.3 Å². The van der Waals surface area contributed by atoms with Crippen LogP contribution in [0.15, 0.2) is 54.6 Å². The fraction of sp³-hybridized carbons (Fsp3) is 0.0526. The van der Waals surface area contributed by atoms with E-state index in [0.29, 0.717) is 0 Å². The molecule has 0 atom stereocenters. The van der Waals surface area contributed by atoms with Crippen LogP contribution in [0, 0.1) is 16.3 Å². The number of benzene rings is 4. The van der Waals surface area contributed by atoms with Gasteiger partial charge in [-0.15, -0.1) is 0 Å². The van der Waals surface area contributed by atoms with Crippen molar-refractivity contribution in [1.82, 2.24) is 0 Å². The molecule has 0 nitrogen and oxygen atoms in total. The van der Waals surface area contributed by atoms with Crippen LogP contribution < -0.4 is 0 Å². The van der Waals surface area contributed by atoms with Gasteiger partial charge in [-0.25, -0.2) is 4.39 Å². The summed E-state index contributed by atoms with van der Waals surface area (Å²) in [6, 6.07) is 17.8. The molecule has 0 aliphatic rings. The molecule has 0 saturated heterocycles. The maximum absolute atomic E-state index is 14.4. The molecule has 0 spiro atoms. The molecular weight excluding hydrogens is 374 g/mol. The summed E-state index contributed by atoms with van der Waals surface area (Å²) in [6.07, 6.45) is 0. The van der Waals surface area contributed by atoms with Gasteiger partial charge in [-0.05, 0) is 68.8 Å². The molecule has 0 amide bonds. The van der Waals surface area contributed by atoms with Gasteiger partial charge < -0.3 is 0 Å². The first-order valence-corrected chi connectivity index (χ1v) is 7.93. The Labute approximate surface area is 135 Å². The van der Waals surface area contributed by atoms with E-state index in [1.807, 2.05) is 18.2 Å². The zero-order valence-electron chi connectivity index (χ0n) is 11.5. The van der Waals surface area contributed by atoms with Crippen molar-refractivity contribution in [2.75, 3.05) is 0 Å². The second-order valence-corrected chi connectivity index (χ2v) is 6.52. The maximum Gasteiger partial charge on any atom is 0.131 e. The van der Waals surface area contributed by atoms with Crippen molar-refractivity contribution in [3.05, 3.63) is 69.5 Å². The highest BCUT2D eigenvalue weighted by Gasteiger charge is 2.13. The largest absolute Gasteiger partial charge is 0.206 e. The Bertz CT molecular complexity index is 1020. The number of fused-ring (bicyclic) bond motifs is 5. The summed E-state index contributed by atoms with van der Waals surface area (Å²) in [5.74, 6) is -0.146. The van der Waals surface area contributed by atoms with E-state index >= 15 is 0 Å². The summed E-state index contributed by atoms with van der Waals surface area (Å²) in [5, 5.41) is 6.28. The first-order chi connectivity index (χ1) is 10.2. The van der Waals surface area contributed by atoms with Crippen LogP contribution in [-0.4, -0.2) is 0 Å². The maximum atomic E-state index is 14.4. The number of rotatable bonds is 0. The first kappa shape index (κ1) is 13.0. The lowest BCUT2D eigenvalue weighted by Crippen LogP contribution is -1.90. The van der Waals surface area contributed by atoms with Gasteiger partial charge in [0.05, 0.1) is 0 Å². The average Bonchev–Trinajstić information content (AvgIpc) is 2.47. The van der Waals surface area contributed by atoms with Crippen molar-refractivity contribution in [3.8, 4) is 0 Å². The minimum atomic E-state index is -0.146. The van der Waals surface area contributed by atoms with Gasteiger partial charge in [0.1, 0.15) is 5.82 Å². The van der Waals surface area contributed by atoms with Crippen molar-refractivity contribution < 1.29 is 4.39 Å². The van der Waals surface area contributed by atoms with Gasteiger partial charge in [-0.1, -0.05) is 42.5 Å². The minimum Gasteiger partial charge on any atom is -0.206 e. The summed E-state index contributed by atoms with van der Waals surface area (Å²) >= 11 is 2.36. The molecular formula is C19H12FI. The minimum absolute atomic E-state index is 0.146. The van der Waals surface area contributed by atoms with Gasteiger partial charge in [0.15, 0.2) is 0 Å². The molecule has 0 unspecified atom stereocenters. The van der Waals surface area contributed by atoms with Gasteiger partial charge in [-0.2, -0.15) is 0 Å². The Morgan fingerprint density at radius 1 is 0.810 bits per heavy atom. The van der Waals surface area contributed by atoms with Gasteiger partial charge >= 0.3 is 0 Å². The molecule has 102 valence electrons. The predicted octanol–water partition coefficient (Wildman–Crippen LogP) is 6.20. The Balaban J connectivity index is 2.42. The number of hydrogen-bond donors (Lipinski definition) is 0. The Morgan fingerprint density at radius 3 is 2.43 bits per heavy atom. The second kappa shape index (κ2) is 4.67. The van der Waals surface area contributed by atoms with Crippen molar-refractivity contribution in [2.24, 2.45) is 0 Å². The highest BCUT2D eigenvalue weighted by Crippen LogP contribution is 2.38. The highest BCUT2D eigenvalue weighted by atomic mass is 127. The number of hydrogen-bond acceptors (Lipinski definition) is 0. The average molecular weight is 386 g/mol. The summed E-state index contributed by atoms with van der Waals surface area (Å²) in [7, 11) is 0. The van der Waals surface area contributed by atoms with E-state index < -0.39 is 0 Å². The van der Waals surface area contributed by atoms with Gasteiger partial charge in [0.25, 0.3) is 0 Å². The molecule has 4 rings (SSSR count). The highest BCUT2D eigenvalue weighted by molar-refractivity contribution is 14.1. The van der Waals surface area contributed by atoms with E-state index in [-0.39, 0.29) is 5.82 Å². The lowest BCUT2D eigenvalue weighted by molar-refractivity contribution is 0.640. The zero-order chi connectivity index (χ0) is 14.6. The SMILES string of the molecule is Cc1cc2ccccc2c2c(I)cc3cccc(F)c3c12. The molecule has 0 saturated carbocycles. The van der Waals surface area contributed by atoms with Crippen molar-refractivity contribution >= 4 is 54.9 Å². The van der Waals surface area contributed by atoms with Crippen molar-refractivity contribution in [1.29, 1.82) is 0 Å². The number of aryl methyl sites for hydroxylation is 1. The third-order valence-electron chi connectivity index (χ3n) is 4.06. The Hall–Kier alpha value is -1.68. The molecule has 0 aromatic heterocycles. The normalized spacial score (nSPS) is 11.6. The summed E-state index contributed by atoms with van der Waals surface area (Å²) < 4.78 is 15.6. The molecule has 2 heteroatoms. The second-order valence-electron chi connectivity index (χ2n) is 5.36. The fourth-order valence-electron chi connectivity index (χ4n) is 3.19. The third-order valence-corrected chi connectivity index (χ3v) is 4.91. The first-order valence-electron chi connectivity index (χ1n) is 6.85. The molecule has 0 aliphatic heterocycles. The van der Waals surface area contributed by atoms with Crippen LogP contribution >= 0.6 is 22.6 Å². The molecule has 21 heavy (non-hydrogen) atoms.